The van der Waals surface area contributed by atoms with Crippen LogP contribution in [0.15, 0.2) is 42.6 Å². The molecule has 0 saturated carbocycles. The smallest absolute Gasteiger partial charge is 0.341 e. The number of carboxylic acid groups (broad SMARTS) is 1. The Morgan fingerprint density at radius 1 is 1.14 bits per heavy atom. The molecule has 2 N–H and O–H groups in total. The van der Waals surface area contributed by atoms with Gasteiger partial charge in [0.15, 0.2) is 6.61 Å². The molecule has 8 nitrogen and oxygen atoms in total. The molecule has 0 spiro atoms. The number of hydrogen-bond donors (Lipinski definition) is 2. The number of carbonyl (C=O) groups is 2. The molecule has 0 aliphatic carbocycles. The second-order valence-electron chi connectivity index (χ2n) is 6.90. The number of ether oxygens (including phenoxy) is 1. The molecule has 1 atom stereocenters. The van der Waals surface area contributed by atoms with Crippen LogP contribution in [-0.4, -0.2) is 37.9 Å². The number of rotatable bonds is 7. The van der Waals surface area contributed by atoms with Crippen molar-refractivity contribution in [2.45, 2.75) is 26.8 Å². The van der Waals surface area contributed by atoms with Crippen LogP contribution >= 0.6 is 0 Å². The molecule has 3 aromatic rings. The van der Waals surface area contributed by atoms with Crippen LogP contribution in [0.2, 0.25) is 0 Å². The van der Waals surface area contributed by atoms with Crippen LogP contribution in [-0.2, 0) is 11.8 Å². The van der Waals surface area contributed by atoms with E-state index in [9.17, 15) is 9.59 Å². The summed E-state index contributed by atoms with van der Waals surface area (Å²) in [6.07, 6.45) is 1.57. The highest BCUT2D eigenvalue weighted by molar-refractivity contribution is 5.97. The SMILES string of the molecule is Cc1ccc(C)n1-c1c(C(=O)NC(C)c2ccc(OCC(=O)O)cc2)cnn1C. The first-order valence-corrected chi connectivity index (χ1v) is 9.20. The van der Waals surface area contributed by atoms with Gasteiger partial charge in [-0.1, -0.05) is 12.1 Å². The van der Waals surface area contributed by atoms with Crippen molar-refractivity contribution in [1.82, 2.24) is 19.7 Å². The van der Waals surface area contributed by atoms with Gasteiger partial charge in [-0.3, -0.25) is 9.48 Å². The van der Waals surface area contributed by atoms with Gasteiger partial charge in [0.2, 0.25) is 0 Å². The Bertz CT molecular complexity index is 1010. The molecule has 1 aromatic carbocycles. The van der Waals surface area contributed by atoms with E-state index >= 15 is 0 Å². The van der Waals surface area contributed by atoms with E-state index in [1.54, 1.807) is 35.1 Å². The number of carbonyl (C=O) groups excluding carboxylic acids is 1. The lowest BCUT2D eigenvalue weighted by Gasteiger charge is -2.16. The molecule has 1 amide bonds. The zero-order chi connectivity index (χ0) is 21.1. The second-order valence-corrected chi connectivity index (χ2v) is 6.90. The third kappa shape index (κ3) is 4.31. The minimum atomic E-state index is -1.03. The maximum absolute atomic E-state index is 13.0. The molecule has 2 heterocycles. The summed E-state index contributed by atoms with van der Waals surface area (Å²) in [4.78, 5) is 23.5. The summed E-state index contributed by atoms with van der Waals surface area (Å²) in [6, 6.07) is 10.7. The molecule has 3 rings (SSSR count). The molecule has 0 radical (unpaired) electrons. The quantitative estimate of drug-likeness (QED) is 0.640. The van der Waals surface area contributed by atoms with Crippen molar-refractivity contribution in [3.05, 3.63) is 65.1 Å². The number of hydrogen-bond acceptors (Lipinski definition) is 4. The van der Waals surface area contributed by atoms with E-state index in [1.807, 2.05) is 44.5 Å². The first-order valence-electron chi connectivity index (χ1n) is 9.20. The van der Waals surface area contributed by atoms with Gasteiger partial charge >= 0.3 is 5.97 Å². The summed E-state index contributed by atoms with van der Waals surface area (Å²) in [5.41, 5.74) is 3.40. The molecule has 0 aliphatic rings. The summed E-state index contributed by atoms with van der Waals surface area (Å²) < 4.78 is 8.82. The lowest BCUT2D eigenvalue weighted by molar-refractivity contribution is -0.139. The highest BCUT2D eigenvalue weighted by Crippen LogP contribution is 2.22. The fourth-order valence-electron chi connectivity index (χ4n) is 3.21. The monoisotopic (exact) mass is 396 g/mol. The predicted octanol–water partition coefficient (Wildman–Crippen LogP) is 2.78. The van der Waals surface area contributed by atoms with E-state index in [1.165, 1.54) is 0 Å². The van der Waals surface area contributed by atoms with Crippen LogP contribution in [0.5, 0.6) is 5.75 Å². The van der Waals surface area contributed by atoms with Gasteiger partial charge in [0, 0.05) is 18.4 Å². The first-order chi connectivity index (χ1) is 13.8. The van der Waals surface area contributed by atoms with Crippen molar-refractivity contribution in [2.24, 2.45) is 7.05 Å². The van der Waals surface area contributed by atoms with Crippen LogP contribution in [0.25, 0.3) is 5.82 Å². The molecule has 2 aromatic heterocycles. The average molecular weight is 396 g/mol. The summed E-state index contributed by atoms with van der Waals surface area (Å²) in [5.74, 6) is -0.0793. The number of aliphatic carboxylic acids is 1. The van der Waals surface area contributed by atoms with Gasteiger partial charge in [-0.15, -0.1) is 0 Å². The molecule has 0 aliphatic heterocycles. The third-order valence-electron chi connectivity index (χ3n) is 4.73. The highest BCUT2D eigenvalue weighted by atomic mass is 16.5. The molecule has 29 heavy (non-hydrogen) atoms. The number of carboxylic acids is 1. The summed E-state index contributed by atoms with van der Waals surface area (Å²) >= 11 is 0. The van der Waals surface area contributed by atoms with Crippen molar-refractivity contribution < 1.29 is 19.4 Å². The normalized spacial score (nSPS) is 11.9. The van der Waals surface area contributed by atoms with Crippen LogP contribution in [0.1, 0.15) is 40.3 Å². The summed E-state index contributed by atoms with van der Waals surface area (Å²) in [7, 11) is 1.81. The topological polar surface area (TPSA) is 98.4 Å². The van der Waals surface area contributed by atoms with Crippen molar-refractivity contribution in [2.75, 3.05) is 6.61 Å². The van der Waals surface area contributed by atoms with Gasteiger partial charge < -0.3 is 19.7 Å². The standard InChI is InChI=1S/C21H24N4O4/c1-13-5-6-14(2)25(13)21-18(11-22-24(21)4)20(28)23-15(3)16-7-9-17(10-8-16)29-12-19(26)27/h5-11,15H,12H2,1-4H3,(H,23,28)(H,26,27). The Hall–Kier alpha value is -3.55. The van der Waals surface area contributed by atoms with Crippen LogP contribution < -0.4 is 10.1 Å². The molecule has 0 saturated heterocycles. The van der Waals surface area contributed by atoms with Gasteiger partial charge in [0.1, 0.15) is 17.1 Å². The summed E-state index contributed by atoms with van der Waals surface area (Å²) in [6.45, 7) is 5.46. The van der Waals surface area contributed by atoms with Gasteiger partial charge in [-0.05, 0) is 50.6 Å². The predicted molar refractivity (Wildman–Crippen MR) is 107 cm³/mol. The zero-order valence-corrected chi connectivity index (χ0v) is 16.8. The number of nitrogens with zero attached hydrogens (tertiary/aromatic N) is 3. The zero-order valence-electron chi connectivity index (χ0n) is 16.8. The molecule has 1 unspecified atom stereocenters. The van der Waals surface area contributed by atoms with Crippen LogP contribution in [0, 0.1) is 13.8 Å². The maximum Gasteiger partial charge on any atom is 0.341 e. The Morgan fingerprint density at radius 3 is 2.34 bits per heavy atom. The fraction of sp³-hybridized carbons (Fsp3) is 0.286. The minimum absolute atomic E-state index is 0.223. The molecular weight excluding hydrogens is 372 g/mol. The number of nitrogens with one attached hydrogen (secondary N) is 1. The summed E-state index contributed by atoms with van der Waals surface area (Å²) in [5, 5.41) is 15.9. The van der Waals surface area contributed by atoms with E-state index in [0.717, 1.165) is 17.0 Å². The fourth-order valence-corrected chi connectivity index (χ4v) is 3.21. The largest absolute Gasteiger partial charge is 0.482 e. The van der Waals surface area contributed by atoms with Crippen molar-refractivity contribution in [1.29, 1.82) is 0 Å². The number of aromatic nitrogens is 3. The lowest BCUT2D eigenvalue weighted by atomic mass is 10.1. The van der Waals surface area contributed by atoms with Gasteiger partial charge in [-0.25, -0.2) is 4.79 Å². The van der Waals surface area contributed by atoms with Crippen molar-refractivity contribution in [3.8, 4) is 11.6 Å². The van der Waals surface area contributed by atoms with Crippen LogP contribution in [0.3, 0.4) is 0 Å². The Balaban J connectivity index is 1.77. The Labute approximate surface area is 168 Å². The molecule has 0 fully saturated rings. The Kier molecular flexibility index (Phi) is 5.72. The van der Waals surface area contributed by atoms with E-state index in [4.69, 9.17) is 9.84 Å². The third-order valence-corrected chi connectivity index (χ3v) is 4.73. The van der Waals surface area contributed by atoms with E-state index in [0.29, 0.717) is 17.1 Å². The Morgan fingerprint density at radius 2 is 1.76 bits per heavy atom. The van der Waals surface area contributed by atoms with E-state index in [-0.39, 0.29) is 11.9 Å². The van der Waals surface area contributed by atoms with Gasteiger partial charge in [0.05, 0.1) is 12.2 Å². The first kappa shape index (κ1) is 20.2. The van der Waals surface area contributed by atoms with Gasteiger partial charge in [0.25, 0.3) is 5.91 Å². The molecule has 0 bridgehead atoms. The number of aryl methyl sites for hydroxylation is 3. The average Bonchev–Trinajstić information content (AvgIpc) is 3.21. The highest BCUT2D eigenvalue weighted by Gasteiger charge is 2.21. The molecule has 8 heteroatoms. The minimum Gasteiger partial charge on any atom is -0.482 e. The maximum atomic E-state index is 13.0. The number of amides is 1. The van der Waals surface area contributed by atoms with Crippen LogP contribution in [0.4, 0.5) is 0 Å². The molecular formula is C21H24N4O4. The van der Waals surface area contributed by atoms with E-state index in [2.05, 4.69) is 10.4 Å². The van der Waals surface area contributed by atoms with E-state index < -0.39 is 12.6 Å². The van der Waals surface area contributed by atoms with Crippen molar-refractivity contribution >= 4 is 11.9 Å². The van der Waals surface area contributed by atoms with Gasteiger partial charge in [-0.2, -0.15) is 5.10 Å². The van der Waals surface area contributed by atoms with Crippen molar-refractivity contribution in [3.63, 3.8) is 0 Å². The number of benzene rings is 1. The lowest BCUT2D eigenvalue weighted by Crippen LogP contribution is -2.27. The second kappa shape index (κ2) is 8.22. The molecule has 152 valence electrons.